The molecule has 0 aliphatic carbocycles. The molecule has 11 atom stereocenters. The molecule has 0 bridgehead atoms. The molecule has 129 heavy (non-hydrogen) atoms. The van der Waals surface area contributed by atoms with E-state index >= 15 is 0 Å². The SMILES string of the molecule is C.C.C.COc1ccc(CC(CC(=O)C(C)C)C(=O)N[C@@H](Cc2ccccc2)C(=O)[C@@]2(C)CO2)cc1.COc1ccc(CC(CC(=O)[C@H](C)N)C(=O)N[C@@H](Cc2ccccc2)C(=O)[C@@]2(C)CO2)cc1.COc1ccc(CC(CC(=O)[C@H](C)NC(=O)CN2CCOCC2)C(=O)N[C@@H](Cc2ccccc2)C(=O)[C@@]2(C)CO2)cc1.O=C(O)CN1CCOCC1.O=CC(F)(F)F.[2HH].[2H]CC.[2H][2H]. The number of carbonyl (C=O) groups is 12. The zero-order valence-corrected chi connectivity index (χ0v) is 73.8. The van der Waals surface area contributed by atoms with Gasteiger partial charge in [0.25, 0.3) is 0 Å². The monoisotopic (exact) mass is 1810 g/mol. The Balaban J connectivity index is 0.000000890. The smallest absolute Gasteiger partial charge is 0.446 e. The van der Waals surface area contributed by atoms with E-state index in [2.05, 4.69) is 21.3 Å². The fourth-order valence-electron chi connectivity index (χ4n) is 13.4. The third-order valence-electron chi connectivity index (χ3n) is 21.5. The van der Waals surface area contributed by atoms with Crippen molar-refractivity contribution in [2.24, 2.45) is 29.4 Å². The van der Waals surface area contributed by atoms with Crippen LogP contribution in [0.15, 0.2) is 164 Å². The summed E-state index contributed by atoms with van der Waals surface area (Å²) in [4.78, 5) is 154. The number of benzene rings is 6. The normalized spacial score (nSPS) is 18.9. The van der Waals surface area contributed by atoms with Gasteiger partial charge in [0.1, 0.15) is 45.6 Å². The summed E-state index contributed by atoms with van der Waals surface area (Å²) in [5.41, 5.74) is 8.55. The number of aldehydes is 1. The van der Waals surface area contributed by atoms with Gasteiger partial charge < -0.3 is 70.0 Å². The minimum atomic E-state index is -4.64. The summed E-state index contributed by atoms with van der Waals surface area (Å²) in [6.45, 7) is 21.0. The minimum Gasteiger partial charge on any atom is -0.497 e. The van der Waals surface area contributed by atoms with Gasteiger partial charge in [-0.3, -0.25) is 67.3 Å². The highest BCUT2D eigenvalue weighted by Gasteiger charge is 2.53. The molecule has 31 heteroatoms. The second-order valence-corrected chi connectivity index (χ2v) is 32.2. The predicted octanol–water partition coefficient (Wildman–Crippen LogP) is 11.1. The van der Waals surface area contributed by atoms with E-state index in [-0.39, 0.29) is 121 Å². The lowest BCUT2D eigenvalue weighted by molar-refractivity contribution is -0.156. The molecule has 11 rings (SSSR count). The number of nitrogens with zero attached hydrogens (tertiary/aromatic N) is 2. The van der Waals surface area contributed by atoms with Crippen molar-refractivity contribution in [1.82, 2.24) is 31.1 Å². The van der Waals surface area contributed by atoms with E-state index in [0.29, 0.717) is 110 Å². The Hall–Kier alpha value is -10.8. The number of alkyl halides is 3. The van der Waals surface area contributed by atoms with Crippen LogP contribution in [0.3, 0.4) is 0 Å². The topological polar surface area (TPSA) is 389 Å². The Morgan fingerprint density at radius 1 is 0.473 bits per heavy atom. The summed E-state index contributed by atoms with van der Waals surface area (Å²) in [6.07, 6.45) is -3.65. The molecule has 4 amide bonds. The summed E-state index contributed by atoms with van der Waals surface area (Å²) >= 11 is 0. The van der Waals surface area contributed by atoms with Crippen LogP contribution in [0.4, 0.5) is 13.2 Å². The first kappa shape index (κ1) is 109. The largest absolute Gasteiger partial charge is 0.497 e. The van der Waals surface area contributed by atoms with Crippen LogP contribution in [0.5, 0.6) is 17.2 Å². The lowest BCUT2D eigenvalue weighted by atomic mass is 9.89. The Bertz CT molecular complexity index is 4330. The number of Topliss-reactive ketones (excluding diaryl/α,β-unsaturated/α-hetero) is 6. The molecule has 6 aromatic rings. The molecule has 5 aliphatic rings. The van der Waals surface area contributed by atoms with Crippen LogP contribution < -0.4 is 41.2 Å². The number of hydrogen-bond donors (Lipinski definition) is 6. The minimum absolute atomic E-state index is 0. The van der Waals surface area contributed by atoms with Gasteiger partial charge in [0.15, 0.2) is 23.1 Å². The third-order valence-corrected chi connectivity index (χ3v) is 21.5. The maximum Gasteiger partial charge on any atom is 0.446 e. The van der Waals surface area contributed by atoms with Gasteiger partial charge >= 0.3 is 12.1 Å². The van der Waals surface area contributed by atoms with Crippen LogP contribution >= 0.6 is 0 Å². The molecule has 5 aliphatic heterocycles. The summed E-state index contributed by atoms with van der Waals surface area (Å²) < 4.78 is 89.6. The molecule has 5 heterocycles. The average Bonchev–Trinajstić information content (AvgIpc) is 1.65. The molecule has 0 radical (unpaired) electrons. The highest BCUT2D eigenvalue weighted by atomic mass is 19.4. The summed E-state index contributed by atoms with van der Waals surface area (Å²) in [6, 6.07) is 46.9. The van der Waals surface area contributed by atoms with Crippen molar-refractivity contribution in [2.45, 2.75) is 196 Å². The highest BCUT2D eigenvalue weighted by molar-refractivity contribution is 6.00. The molecule has 28 nitrogen and oxygen atoms in total. The Labute approximate surface area is 764 Å². The number of hydrogen-bond acceptors (Lipinski definition) is 23. The first-order chi connectivity index (χ1) is 61.4. The number of amides is 4. The van der Waals surface area contributed by atoms with Gasteiger partial charge in [-0.05, 0) is 143 Å². The molecule has 7 N–H and O–H groups in total. The second kappa shape index (κ2) is 56.0. The van der Waals surface area contributed by atoms with E-state index in [0.717, 1.165) is 52.2 Å². The zero-order valence-electron chi connectivity index (χ0n) is 76.8. The maximum atomic E-state index is 13.8. The number of carbonyl (C=O) groups excluding carboxylic acids is 11. The van der Waals surface area contributed by atoms with E-state index < -0.39 is 89.1 Å². The molecular formula is C98H140F3N7O21. The Morgan fingerprint density at radius 2 is 0.736 bits per heavy atom. The van der Waals surface area contributed by atoms with Crippen molar-refractivity contribution in [2.75, 3.05) is 107 Å². The average molecular weight is 1810 g/mol. The van der Waals surface area contributed by atoms with Crippen LogP contribution in [0, 0.1) is 23.7 Å². The number of epoxide rings is 3. The number of methoxy groups -OCH3 is 3. The van der Waals surface area contributed by atoms with Crippen molar-refractivity contribution in [3.8, 4) is 17.2 Å². The molecule has 714 valence electrons. The van der Waals surface area contributed by atoms with Crippen molar-refractivity contribution < 1.29 is 119 Å². The van der Waals surface area contributed by atoms with Gasteiger partial charge in [0, 0.05) is 74.9 Å². The Kier molecular flexibility index (Phi) is 47.2. The summed E-state index contributed by atoms with van der Waals surface area (Å²) in [5, 5.41) is 20.0. The van der Waals surface area contributed by atoms with E-state index in [4.69, 9.17) is 57.9 Å². The lowest BCUT2D eigenvalue weighted by Crippen LogP contribution is -2.50. The first-order valence-corrected chi connectivity index (χ1v) is 42.1. The maximum absolute atomic E-state index is 13.8. The van der Waals surface area contributed by atoms with Crippen LogP contribution in [-0.2, 0) is 120 Å². The molecule has 6 aromatic carbocycles. The fourth-order valence-corrected chi connectivity index (χ4v) is 13.4. The zero-order chi connectivity index (χ0) is 95.4. The summed E-state index contributed by atoms with van der Waals surface area (Å²) in [5.74, 6) is -3.05. The van der Waals surface area contributed by atoms with E-state index in [1.807, 2.05) is 175 Å². The number of aliphatic carboxylic acids is 1. The van der Waals surface area contributed by atoms with Gasteiger partial charge in [-0.2, -0.15) is 13.2 Å². The quantitative estimate of drug-likeness (QED) is 0.0153. The van der Waals surface area contributed by atoms with Gasteiger partial charge in [-0.25, -0.2) is 0 Å². The Morgan fingerprint density at radius 3 is 0.984 bits per heavy atom. The number of nitrogens with one attached hydrogen (secondary N) is 4. The molecule has 0 aromatic heterocycles. The van der Waals surface area contributed by atoms with Crippen molar-refractivity contribution in [3.63, 3.8) is 0 Å². The molecule has 5 fully saturated rings. The number of ketones is 6. The number of ether oxygens (including phenoxy) is 8. The predicted molar refractivity (Wildman–Crippen MR) is 490 cm³/mol. The van der Waals surface area contributed by atoms with Crippen LogP contribution in [-0.4, -0.2) is 246 Å². The molecular weight excluding hydrogens is 1670 g/mol. The second-order valence-electron chi connectivity index (χ2n) is 32.2. The van der Waals surface area contributed by atoms with Gasteiger partial charge in [-0.1, -0.05) is 177 Å². The molecule has 5 saturated heterocycles. The molecule has 0 spiro atoms. The van der Waals surface area contributed by atoms with E-state index in [1.54, 1.807) is 75.0 Å². The van der Waals surface area contributed by atoms with E-state index in [9.17, 15) is 65.9 Å². The number of carboxylic acids is 1. The summed E-state index contributed by atoms with van der Waals surface area (Å²) in [7, 11) is 4.76. The number of carboxylic acid groups (broad SMARTS) is 1. The molecule has 3 unspecified atom stereocenters. The third kappa shape index (κ3) is 40.0. The van der Waals surface area contributed by atoms with Crippen LogP contribution in [0.2, 0.25) is 0 Å². The standard InChI is InChI=1S/C32H41N3O7.C27H33NO5.C26H32N2O5.C6H11NO3.C2HF3O.C2H6.3CH4.2H2/c1-22(33-29(37)20-35-13-15-41-16-14-35)28(36)19-25(17-24-9-11-26(40-3)12-10-24)31(39)34-27(30(38)32(2)21-42-32)18-23-7-5-4-6-8-23;1-18(2)24(29)16-21(14-20-10-12-22(32-4)13-11-20)26(31)28-23(25(30)27(3)17-33-27)15-19-8-6-5-7-9-19;1-17(27)23(29)15-20(13-19-9-11-21(32-3)12-10-19)25(31)28-22(24(30)26(2)16-33-26)14-18-7-5-4-6-8-18;8-6(9)5-7-1-3-10-4-2-7;3-2(4,5)1-6;1-2;;;;;/h4-12,22,25,27H,13-21H2,1-3H3,(H,33,37)(H,34,39);5-13,18,21,23H,14-17H2,1-4H3,(H,28,31);4-12,17,20,22H,13-16,27H2,1-3H3,(H,28,31);1-5H2,(H,8,9);1H;1-2H3;3*1H4;2*1H/t22-,25?,27-,32+;21?,23-,27+;17-,20?,22-,26+;;;;;;;;/m000......../s1/i;;;;;1D;;;;1+1D;1+1. The fraction of sp³-hybridized carbons (Fsp3) is 0.510. The first-order valence-electron chi connectivity index (χ1n) is 43.8. The van der Waals surface area contributed by atoms with Crippen molar-refractivity contribution in [3.05, 3.63) is 197 Å². The van der Waals surface area contributed by atoms with Crippen LogP contribution in [0.1, 0.15) is 143 Å². The van der Waals surface area contributed by atoms with Crippen LogP contribution in [0.25, 0.3) is 0 Å². The van der Waals surface area contributed by atoms with Gasteiger partial charge in [-0.15, -0.1) is 0 Å². The number of nitrogens with two attached hydrogens (primary N) is 1. The number of rotatable bonds is 41. The van der Waals surface area contributed by atoms with Crippen molar-refractivity contribution >= 4 is 70.6 Å². The number of morpholine rings is 2. The number of halogens is 3. The molecule has 0 saturated carbocycles. The lowest BCUT2D eigenvalue weighted by Gasteiger charge is -2.27. The van der Waals surface area contributed by atoms with Gasteiger partial charge in [0.2, 0.25) is 29.9 Å². The highest BCUT2D eigenvalue weighted by Crippen LogP contribution is 2.33. The van der Waals surface area contributed by atoms with E-state index in [1.165, 1.54) is 0 Å². The van der Waals surface area contributed by atoms with Gasteiger partial charge in [0.05, 0.1) is 111 Å². The van der Waals surface area contributed by atoms with Crippen molar-refractivity contribution in [1.29, 1.82) is 0 Å².